The van der Waals surface area contributed by atoms with Gasteiger partial charge in [0.15, 0.2) is 12.4 Å². The maximum absolute atomic E-state index is 12.0. The standard InChI is InChI=1S/C17H15NO3/c1-2-20-15-9-5-14(6-10-15)17(19)12-21-16-7-3-13(11-18)4-8-16/h3-10H,2,12H2,1H3. The molecule has 0 saturated heterocycles. The molecule has 0 spiro atoms. The second-order valence-electron chi connectivity index (χ2n) is 4.31. The van der Waals surface area contributed by atoms with E-state index < -0.39 is 0 Å². The molecule has 0 aliphatic carbocycles. The highest BCUT2D eigenvalue weighted by Gasteiger charge is 2.07. The molecule has 0 radical (unpaired) electrons. The Morgan fingerprint density at radius 3 is 2.14 bits per heavy atom. The second kappa shape index (κ2) is 7.11. The number of ether oxygens (including phenoxy) is 2. The lowest BCUT2D eigenvalue weighted by atomic mass is 10.1. The van der Waals surface area contributed by atoms with Crippen LogP contribution in [-0.2, 0) is 0 Å². The van der Waals surface area contributed by atoms with Crippen molar-refractivity contribution in [2.45, 2.75) is 6.92 Å². The van der Waals surface area contributed by atoms with E-state index in [9.17, 15) is 4.79 Å². The van der Waals surface area contributed by atoms with Crippen molar-refractivity contribution in [1.82, 2.24) is 0 Å². The highest BCUT2D eigenvalue weighted by molar-refractivity contribution is 5.97. The number of Topliss-reactive ketones (excluding diaryl/α,β-unsaturated/α-hetero) is 1. The van der Waals surface area contributed by atoms with Crippen molar-refractivity contribution in [3.05, 3.63) is 59.7 Å². The van der Waals surface area contributed by atoms with Gasteiger partial charge >= 0.3 is 0 Å². The number of ketones is 1. The van der Waals surface area contributed by atoms with Gasteiger partial charge < -0.3 is 9.47 Å². The molecule has 0 bridgehead atoms. The van der Waals surface area contributed by atoms with Crippen LogP contribution in [0.1, 0.15) is 22.8 Å². The van der Waals surface area contributed by atoms with Crippen LogP contribution in [0.2, 0.25) is 0 Å². The number of nitrogens with zero attached hydrogens (tertiary/aromatic N) is 1. The molecule has 0 N–H and O–H groups in total. The lowest BCUT2D eigenvalue weighted by Gasteiger charge is -2.07. The molecule has 0 unspecified atom stereocenters. The lowest BCUT2D eigenvalue weighted by molar-refractivity contribution is 0.0921. The van der Waals surface area contributed by atoms with E-state index in [1.54, 1.807) is 48.5 Å². The minimum absolute atomic E-state index is 0.0418. The molecule has 4 nitrogen and oxygen atoms in total. The first-order chi connectivity index (χ1) is 10.2. The molecule has 21 heavy (non-hydrogen) atoms. The van der Waals surface area contributed by atoms with Gasteiger partial charge in [-0.3, -0.25) is 4.79 Å². The van der Waals surface area contributed by atoms with Gasteiger partial charge in [0, 0.05) is 5.56 Å². The fourth-order valence-corrected chi connectivity index (χ4v) is 1.76. The van der Waals surface area contributed by atoms with Gasteiger partial charge in [-0.1, -0.05) is 0 Å². The molecule has 0 heterocycles. The summed E-state index contributed by atoms with van der Waals surface area (Å²) in [4.78, 5) is 12.0. The van der Waals surface area contributed by atoms with Crippen molar-refractivity contribution < 1.29 is 14.3 Å². The fourth-order valence-electron chi connectivity index (χ4n) is 1.76. The predicted octanol–water partition coefficient (Wildman–Crippen LogP) is 3.22. The van der Waals surface area contributed by atoms with Crippen molar-refractivity contribution in [1.29, 1.82) is 5.26 Å². The highest BCUT2D eigenvalue weighted by Crippen LogP contribution is 2.14. The molecule has 2 aromatic carbocycles. The monoisotopic (exact) mass is 281 g/mol. The minimum Gasteiger partial charge on any atom is -0.494 e. The quantitative estimate of drug-likeness (QED) is 0.763. The molecule has 2 rings (SSSR count). The SMILES string of the molecule is CCOc1ccc(C(=O)COc2ccc(C#N)cc2)cc1. The van der Waals surface area contributed by atoms with Crippen LogP contribution >= 0.6 is 0 Å². The van der Waals surface area contributed by atoms with Crippen molar-refractivity contribution in [2.75, 3.05) is 13.2 Å². The average molecular weight is 281 g/mol. The van der Waals surface area contributed by atoms with E-state index in [0.717, 1.165) is 5.75 Å². The molecule has 0 saturated carbocycles. The van der Waals surface area contributed by atoms with Crippen LogP contribution in [-0.4, -0.2) is 19.0 Å². The molecular weight excluding hydrogens is 266 g/mol. The van der Waals surface area contributed by atoms with E-state index in [-0.39, 0.29) is 12.4 Å². The molecule has 0 atom stereocenters. The van der Waals surface area contributed by atoms with E-state index in [1.165, 1.54) is 0 Å². The third kappa shape index (κ3) is 4.08. The third-order valence-electron chi connectivity index (χ3n) is 2.84. The summed E-state index contributed by atoms with van der Waals surface area (Å²) in [5.41, 5.74) is 1.13. The van der Waals surface area contributed by atoms with Gasteiger partial charge in [0.1, 0.15) is 11.5 Å². The Kier molecular flexibility index (Phi) is 4.94. The first kappa shape index (κ1) is 14.6. The Bertz CT molecular complexity index is 639. The molecular formula is C17H15NO3. The third-order valence-corrected chi connectivity index (χ3v) is 2.84. The summed E-state index contributed by atoms with van der Waals surface area (Å²) in [5.74, 6) is 1.19. The number of nitriles is 1. The van der Waals surface area contributed by atoms with Gasteiger partial charge in [-0.25, -0.2) is 0 Å². The van der Waals surface area contributed by atoms with Crippen LogP contribution < -0.4 is 9.47 Å². The molecule has 0 aromatic heterocycles. The number of rotatable bonds is 6. The van der Waals surface area contributed by atoms with Crippen LogP contribution in [0.15, 0.2) is 48.5 Å². The van der Waals surface area contributed by atoms with Gasteiger partial charge in [0.2, 0.25) is 0 Å². The Hall–Kier alpha value is -2.80. The molecule has 0 aliphatic rings. The maximum Gasteiger partial charge on any atom is 0.200 e. The summed E-state index contributed by atoms with van der Waals surface area (Å²) < 4.78 is 10.7. The zero-order valence-electron chi connectivity index (χ0n) is 11.7. The van der Waals surface area contributed by atoms with Crippen molar-refractivity contribution >= 4 is 5.78 Å². The molecule has 0 aliphatic heterocycles. The minimum atomic E-state index is -0.109. The predicted molar refractivity (Wildman–Crippen MR) is 78.6 cm³/mol. The van der Waals surface area contributed by atoms with Crippen molar-refractivity contribution in [3.8, 4) is 17.6 Å². The Morgan fingerprint density at radius 1 is 1.00 bits per heavy atom. The van der Waals surface area contributed by atoms with Gasteiger partial charge in [-0.05, 0) is 55.5 Å². The largest absolute Gasteiger partial charge is 0.494 e. The zero-order chi connectivity index (χ0) is 15.1. The van der Waals surface area contributed by atoms with Crippen LogP contribution in [0, 0.1) is 11.3 Å². The summed E-state index contributed by atoms with van der Waals surface area (Å²) >= 11 is 0. The zero-order valence-corrected chi connectivity index (χ0v) is 11.7. The molecule has 106 valence electrons. The molecule has 0 amide bonds. The highest BCUT2D eigenvalue weighted by atomic mass is 16.5. The number of hydrogen-bond donors (Lipinski definition) is 0. The average Bonchev–Trinajstić information content (AvgIpc) is 2.54. The van der Waals surface area contributed by atoms with Gasteiger partial charge in [0.05, 0.1) is 18.2 Å². The van der Waals surface area contributed by atoms with Crippen LogP contribution in [0.3, 0.4) is 0 Å². The number of carbonyl (C=O) groups is 1. The van der Waals surface area contributed by atoms with E-state index >= 15 is 0 Å². The van der Waals surface area contributed by atoms with E-state index in [0.29, 0.717) is 23.5 Å². The molecule has 4 heteroatoms. The fraction of sp³-hybridized carbons (Fsp3) is 0.176. The van der Waals surface area contributed by atoms with Gasteiger partial charge in [-0.15, -0.1) is 0 Å². The topological polar surface area (TPSA) is 59.3 Å². The lowest BCUT2D eigenvalue weighted by Crippen LogP contribution is -2.11. The van der Waals surface area contributed by atoms with Gasteiger partial charge in [0.25, 0.3) is 0 Å². The van der Waals surface area contributed by atoms with E-state index in [1.807, 2.05) is 13.0 Å². The van der Waals surface area contributed by atoms with Crippen molar-refractivity contribution in [2.24, 2.45) is 0 Å². The van der Waals surface area contributed by atoms with Crippen molar-refractivity contribution in [3.63, 3.8) is 0 Å². The second-order valence-corrected chi connectivity index (χ2v) is 4.31. The Balaban J connectivity index is 1.93. The summed E-state index contributed by atoms with van der Waals surface area (Å²) in [5, 5.41) is 8.70. The maximum atomic E-state index is 12.0. The van der Waals surface area contributed by atoms with Crippen LogP contribution in [0.4, 0.5) is 0 Å². The van der Waals surface area contributed by atoms with Gasteiger partial charge in [-0.2, -0.15) is 5.26 Å². The summed E-state index contributed by atoms with van der Waals surface area (Å²) in [7, 11) is 0. The normalized spacial score (nSPS) is 9.71. The van der Waals surface area contributed by atoms with Crippen LogP contribution in [0.25, 0.3) is 0 Å². The number of hydrogen-bond acceptors (Lipinski definition) is 4. The van der Waals surface area contributed by atoms with E-state index in [2.05, 4.69) is 0 Å². The van der Waals surface area contributed by atoms with Crippen LogP contribution in [0.5, 0.6) is 11.5 Å². The summed E-state index contributed by atoms with van der Waals surface area (Å²) in [6.07, 6.45) is 0. The Morgan fingerprint density at radius 2 is 1.57 bits per heavy atom. The number of carbonyl (C=O) groups excluding carboxylic acids is 1. The first-order valence-electron chi connectivity index (χ1n) is 6.62. The summed E-state index contributed by atoms with van der Waals surface area (Å²) in [6.45, 7) is 2.46. The molecule has 2 aromatic rings. The smallest absolute Gasteiger partial charge is 0.200 e. The summed E-state index contributed by atoms with van der Waals surface area (Å²) in [6, 6.07) is 15.6. The Labute approximate surface area is 123 Å². The first-order valence-corrected chi connectivity index (χ1v) is 6.62. The van der Waals surface area contributed by atoms with E-state index in [4.69, 9.17) is 14.7 Å². The number of benzene rings is 2. The molecule has 0 fully saturated rings.